The molecule has 0 bridgehead atoms. The van der Waals surface area contributed by atoms with Crippen molar-refractivity contribution >= 4 is 6.03 Å². The third-order valence-electron chi connectivity index (χ3n) is 5.55. The van der Waals surface area contributed by atoms with Gasteiger partial charge in [-0.15, -0.1) is 0 Å². The predicted octanol–water partition coefficient (Wildman–Crippen LogP) is 3.53. The summed E-state index contributed by atoms with van der Waals surface area (Å²) in [4.78, 5) is 14.8. The van der Waals surface area contributed by atoms with Crippen molar-refractivity contribution in [2.45, 2.75) is 57.9 Å². The van der Waals surface area contributed by atoms with Gasteiger partial charge in [0.2, 0.25) is 0 Å². The molecule has 1 atom stereocenters. The number of piperidine rings is 1. The van der Waals surface area contributed by atoms with Crippen molar-refractivity contribution in [2.24, 2.45) is 5.92 Å². The summed E-state index contributed by atoms with van der Waals surface area (Å²) < 4.78 is 0. The van der Waals surface area contributed by atoms with Crippen molar-refractivity contribution in [3.63, 3.8) is 0 Å². The fraction of sp³-hybridized carbons (Fsp3) is 0.667. The third-order valence-corrected chi connectivity index (χ3v) is 5.55. The second-order valence-corrected chi connectivity index (χ2v) is 8.11. The zero-order valence-electron chi connectivity index (χ0n) is 15.8. The van der Waals surface area contributed by atoms with Gasteiger partial charge in [-0.1, -0.05) is 38.1 Å². The molecule has 138 valence electrons. The summed E-state index contributed by atoms with van der Waals surface area (Å²) >= 11 is 0. The molecule has 1 fully saturated rings. The topological polar surface area (TPSA) is 44.4 Å². The Morgan fingerprint density at radius 2 is 1.96 bits per heavy atom. The highest BCUT2D eigenvalue weighted by atomic mass is 16.2. The van der Waals surface area contributed by atoms with Crippen LogP contribution in [0.1, 0.15) is 56.6 Å². The molecule has 4 heteroatoms. The molecule has 0 spiro atoms. The molecule has 2 amide bonds. The first-order valence-corrected chi connectivity index (χ1v) is 9.96. The van der Waals surface area contributed by atoms with Crippen LogP contribution in [0.3, 0.4) is 0 Å². The number of benzene rings is 1. The summed E-state index contributed by atoms with van der Waals surface area (Å²) in [5, 5.41) is 6.30. The molecule has 2 N–H and O–H groups in total. The summed E-state index contributed by atoms with van der Waals surface area (Å²) in [6.45, 7) is 8.63. The minimum atomic E-state index is 0.00497. The Balaban J connectivity index is 1.41. The monoisotopic (exact) mass is 343 g/mol. The van der Waals surface area contributed by atoms with Crippen molar-refractivity contribution in [3.05, 3.63) is 35.4 Å². The van der Waals surface area contributed by atoms with E-state index < -0.39 is 0 Å². The molecule has 0 saturated carbocycles. The maximum absolute atomic E-state index is 12.3. The molecule has 4 nitrogen and oxygen atoms in total. The van der Waals surface area contributed by atoms with Crippen LogP contribution in [-0.2, 0) is 6.42 Å². The van der Waals surface area contributed by atoms with E-state index in [9.17, 15) is 4.79 Å². The van der Waals surface area contributed by atoms with Crippen LogP contribution in [0.4, 0.5) is 4.79 Å². The average Bonchev–Trinajstić information content (AvgIpc) is 2.61. The van der Waals surface area contributed by atoms with E-state index in [0.29, 0.717) is 17.9 Å². The van der Waals surface area contributed by atoms with Gasteiger partial charge in [-0.2, -0.15) is 0 Å². The minimum Gasteiger partial charge on any atom is -0.338 e. The number of nitrogens with one attached hydrogen (secondary N) is 2. The fourth-order valence-corrected chi connectivity index (χ4v) is 4.30. The molecule has 0 radical (unpaired) electrons. The Labute approximate surface area is 152 Å². The largest absolute Gasteiger partial charge is 0.338 e. The van der Waals surface area contributed by atoms with E-state index in [4.69, 9.17) is 0 Å². The second-order valence-electron chi connectivity index (χ2n) is 8.11. The Bertz CT molecular complexity index is 564. The summed E-state index contributed by atoms with van der Waals surface area (Å²) in [5.41, 5.74) is 2.88. The van der Waals surface area contributed by atoms with Crippen LogP contribution in [0, 0.1) is 5.92 Å². The van der Waals surface area contributed by atoms with Gasteiger partial charge >= 0.3 is 6.03 Å². The Hall–Kier alpha value is -1.55. The maximum Gasteiger partial charge on any atom is 0.315 e. The summed E-state index contributed by atoms with van der Waals surface area (Å²) in [5.74, 6) is 1.18. The molecular weight excluding hydrogens is 310 g/mol. The van der Waals surface area contributed by atoms with Gasteiger partial charge in [0.05, 0.1) is 0 Å². The lowest BCUT2D eigenvalue weighted by atomic mass is 9.83. The normalized spacial score (nSPS) is 21.8. The van der Waals surface area contributed by atoms with Crippen LogP contribution in [-0.4, -0.2) is 43.2 Å². The lowest BCUT2D eigenvalue weighted by Gasteiger charge is -2.33. The zero-order chi connectivity index (χ0) is 17.6. The molecule has 0 unspecified atom stereocenters. The number of nitrogens with zero attached hydrogens (tertiary/aromatic N) is 1. The van der Waals surface area contributed by atoms with Crippen molar-refractivity contribution in [1.82, 2.24) is 15.5 Å². The minimum absolute atomic E-state index is 0.00497. The van der Waals surface area contributed by atoms with E-state index in [1.165, 1.54) is 36.9 Å². The van der Waals surface area contributed by atoms with Crippen LogP contribution in [0.5, 0.6) is 0 Å². The van der Waals surface area contributed by atoms with Crippen LogP contribution in [0.25, 0.3) is 0 Å². The van der Waals surface area contributed by atoms with Gasteiger partial charge in [0.15, 0.2) is 0 Å². The van der Waals surface area contributed by atoms with Crippen molar-refractivity contribution in [2.75, 3.05) is 26.2 Å². The number of aryl methyl sites for hydroxylation is 1. The number of carbonyl (C=O) groups excluding carboxylic acids is 1. The van der Waals surface area contributed by atoms with E-state index in [0.717, 1.165) is 32.5 Å². The smallest absolute Gasteiger partial charge is 0.315 e. The average molecular weight is 344 g/mol. The quantitative estimate of drug-likeness (QED) is 0.859. The number of fused-ring (bicyclic) bond motifs is 1. The van der Waals surface area contributed by atoms with E-state index in [-0.39, 0.29) is 6.03 Å². The number of amides is 2. The van der Waals surface area contributed by atoms with Gasteiger partial charge in [-0.3, -0.25) is 0 Å². The van der Waals surface area contributed by atoms with Crippen molar-refractivity contribution in [3.8, 4) is 0 Å². The molecular formula is C21H33N3O. The molecule has 1 aliphatic heterocycles. The van der Waals surface area contributed by atoms with Crippen molar-refractivity contribution < 1.29 is 4.79 Å². The zero-order valence-corrected chi connectivity index (χ0v) is 15.8. The van der Waals surface area contributed by atoms with Gasteiger partial charge in [-0.25, -0.2) is 4.79 Å². The molecule has 0 aromatic heterocycles. The van der Waals surface area contributed by atoms with E-state index in [1.54, 1.807) is 0 Å². The first kappa shape index (κ1) is 18.2. The van der Waals surface area contributed by atoms with E-state index in [2.05, 4.69) is 53.6 Å². The lowest BCUT2D eigenvalue weighted by Crippen LogP contribution is -2.49. The highest BCUT2D eigenvalue weighted by Crippen LogP contribution is 2.30. The molecule has 1 heterocycles. The van der Waals surface area contributed by atoms with Gasteiger partial charge in [-0.05, 0) is 49.1 Å². The first-order valence-electron chi connectivity index (χ1n) is 9.96. The fourth-order valence-electron chi connectivity index (χ4n) is 4.30. The molecule has 25 heavy (non-hydrogen) atoms. The third kappa shape index (κ3) is 5.21. The predicted molar refractivity (Wildman–Crippen MR) is 103 cm³/mol. The maximum atomic E-state index is 12.3. The van der Waals surface area contributed by atoms with Crippen LogP contribution in [0.15, 0.2) is 24.3 Å². The van der Waals surface area contributed by atoms with Crippen molar-refractivity contribution in [1.29, 1.82) is 0 Å². The molecule has 1 aromatic carbocycles. The number of likely N-dealkylation sites (tertiary alicyclic amines) is 1. The van der Waals surface area contributed by atoms with Gasteiger partial charge in [0, 0.05) is 38.1 Å². The molecule has 1 aliphatic carbocycles. The number of urea groups is 1. The van der Waals surface area contributed by atoms with Crippen LogP contribution < -0.4 is 10.6 Å². The highest BCUT2D eigenvalue weighted by molar-refractivity contribution is 5.74. The Morgan fingerprint density at radius 3 is 2.72 bits per heavy atom. The SMILES string of the molecule is CC(C)CN1CCC(NC(=O)NC[C@@H]2CCCc3ccccc32)CC1. The summed E-state index contributed by atoms with van der Waals surface area (Å²) in [6.07, 6.45) is 5.69. The number of hydrogen-bond donors (Lipinski definition) is 2. The van der Waals surface area contributed by atoms with Gasteiger partial charge in [0.25, 0.3) is 0 Å². The summed E-state index contributed by atoms with van der Waals surface area (Å²) in [7, 11) is 0. The number of rotatable bonds is 5. The van der Waals surface area contributed by atoms with E-state index >= 15 is 0 Å². The van der Waals surface area contributed by atoms with Gasteiger partial charge in [0.1, 0.15) is 0 Å². The summed E-state index contributed by atoms with van der Waals surface area (Å²) in [6, 6.07) is 9.01. The number of hydrogen-bond acceptors (Lipinski definition) is 2. The lowest BCUT2D eigenvalue weighted by molar-refractivity contribution is 0.178. The van der Waals surface area contributed by atoms with Gasteiger partial charge < -0.3 is 15.5 Å². The van der Waals surface area contributed by atoms with Crippen LogP contribution in [0.2, 0.25) is 0 Å². The highest BCUT2D eigenvalue weighted by Gasteiger charge is 2.23. The number of carbonyl (C=O) groups is 1. The molecule has 1 saturated heterocycles. The Morgan fingerprint density at radius 1 is 1.20 bits per heavy atom. The molecule has 1 aromatic rings. The standard InChI is InChI=1S/C21H33N3O/c1-16(2)15-24-12-10-19(11-13-24)23-21(25)22-14-18-8-5-7-17-6-3-4-9-20(17)18/h3-4,6,9,16,18-19H,5,7-8,10-15H2,1-2H3,(H2,22,23,25)/t18-/m0/s1. The first-order chi connectivity index (χ1) is 12.1. The van der Waals surface area contributed by atoms with E-state index in [1.807, 2.05) is 0 Å². The van der Waals surface area contributed by atoms with Crippen LogP contribution >= 0.6 is 0 Å². The molecule has 3 rings (SSSR count). The Kier molecular flexibility index (Phi) is 6.35. The molecule has 2 aliphatic rings. The second kappa shape index (κ2) is 8.70.